The zero-order valence-electron chi connectivity index (χ0n) is 19.2. The van der Waals surface area contributed by atoms with E-state index >= 15 is 0 Å². The maximum atomic E-state index is 13.1. The van der Waals surface area contributed by atoms with E-state index in [2.05, 4.69) is 78.6 Å². The Kier molecular flexibility index (Phi) is 6.91. The molecule has 4 heteroatoms. The second-order valence-electron chi connectivity index (χ2n) is 8.61. The lowest BCUT2D eigenvalue weighted by atomic mass is 9.96. The molecule has 1 heterocycles. The molecule has 166 valence electrons. The van der Waals surface area contributed by atoms with Gasteiger partial charge in [-0.05, 0) is 43.5 Å². The molecule has 0 unspecified atom stereocenters. The van der Waals surface area contributed by atoms with Gasteiger partial charge in [0.25, 0.3) is 5.91 Å². The third kappa shape index (κ3) is 5.03. The molecule has 0 spiro atoms. The summed E-state index contributed by atoms with van der Waals surface area (Å²) in [5.41, 5.74) is 4.81. The summed E-state index contributed by atoms with van der Waals surface area (Å²) in [6, 6.07) is 27.5. The number of aryl methyl sites for hydroxylation is 2. The molecule has 0 N–H and O–H groups in total. The van der Waals surface area contributed by atoms with Crippen molar-refractivity contribution in [3.63, 3.8) is 0 Å². The highest BCUT2D eigenvalue weighted by Crippen LogP contribution is 2.29. The van der Waals surface area contributed by atoms with Crippen LogP contribution >= 0.6 is 0 Å². The quantitative estimate of drug-likeness (QED) is 0.554. The van der Waals surface area contributed by atoms with Crippen molar-refractivity contribution in [3.05, 3.63) is 101 Å². The standard InChI is InChI=1S/C28H32N2O2/c1-21-14-15-26(22(2)20-21)32-23(3)28(31)30-18-16-29(17-19-30)27(24-10-6-4-7-11-24)25-12-8-5-9-13-25/h4-15,20,23,27H,16-19H2,1-3H3/t23-/m0/s1. The molecule has 3 aromatic carbocycles. The third-order valence-corrected chi connectivity index (χ3v) is 6.20. The number of hydrogen-bond donors (Lipinski definition) is 0. The van der Waals surface area contributed by atoms with Crippen LogP contribution in [0.1, 0.15) is 35.2 Å². The van der Waals surface area contributed by atoms with Gasteiger partial charge in [0.05, 0.1) is 6.04 Å². The Labute approximate surface area is 191 Å². The number of ether oxygens (including phenoxy) is 1. The molecular formula is C28H32N2O2. The van der Waals surface area contributed by atoms with Crippen LogP contribution in [0.2, 0.25) is 0 Å². The minimum absolute atomic E-state index is 0.0561. The van der Waals surface area contributed by atoms with Gasteiger partial charge in [0.2, 0.25) is 0 Å². The zero-order chi connectivity index (χ0) is 22.5. The highest BCUT2D eigenvalue weighted by Gasteiger charge is 2.30. The average molecular weight is 429 g/mol. The summed E-state index contributed by atoms with van der Waals surface area (Å²) in [5, 5.41) is 0. The number of carbonyl (C=O) groups excluding carboxylic acids is 1. The van der Waals surface area contributed by atoms with Gasteiger partial charge in [0.1, 0.15) is 5.75 Å². The summed E-state index contributed by atoms with van der Waals surface area (Å²) in [7, 11) is 0. The van der Waals surface area contributed by atoms with E-state index in [1.54, 1.807) is 0 Å². The summed E-state index contributed by atoms with van der Waals surface area (Å²) in [6.45, 7) is 9.00. The van der Waals surface area contributed by atoms with Crippen molar-refractivity contribution >= 4 is 5.91 Å². The molecule has 1 saturated heterocycles. The van der Waals surface area contributed by atoms with Gasteiger partial charge in [0, 0.05) is 26.2 Å². The lowest BCUT2D eigenvalue weighted by molar-refractivity contribution is -0.140. The van der Waals surface area contributed by atoms with Crippen LogP contribution in [0, 0.1) is 13.8 Å². The lowest BCUT2D eigenvalue weighted by Gasteiger charge is -2.40. The maximum Gasteiger partial charge on any atom is 0.263 e. The van der Waals surface area contributed by atoms with Gasteiger partial charge in [-0.25, -0.2) is 0 Å². The normalized spacial score (nSPS) is 15.6. The predicted octanol–water partition coefficient (Wildman–Crippen LogP) is 5.00. The van der Waals surface area contributed by atoms with Crippen LogP contribution in [0.4, 0.5) is 0 Å². The van der Waals surface area contributed by atoms with E-state index in [4.69, 9.17) is 4.74 Å². The monoisotopic (exact) mass is 428 g/mol. The molecule has 1 amide bonds. The second-order valence-corrected chi connectivity index (χ2v) is 8.61. The first-order chi connectivity index (χ1) is 15.5. The topological polar surface area (TPSA) is 32.8 Å². The van der Waals surface area contributed by atoms with Gasteiger partial charge in [-0.1, -0.05) is 78.4 Å². The second kappa shape index (κ2) is 10.0. The van der Waals surface area contributed by atoms with Crippen molar-refractivity contribution in [1.29, 1.82) is 0 Å². The van der Waals surface area contributed by atoms with Gasteiger partial charge in [0.15, 0.2) is 6.10 Å². The Bertz CT molecular complexity index is 988. The molecule has 0 radical (unpaired) electrons. The van der Waals surface area contributed by atoms with Crippen molar-refractivity contribution in [2.45, 2.75) is 32.9 Å². The first-order valence-corrected chi connectivity index (χ1v) is 11.4. The number of benzene rings is 3. The maximum absolute atomic E-state index is 13.1. The highest BCUT2D eigenvalue weighted by atomic mass is 16.5. The van der Waals surface area contributed by atoms with E-state index in [1.165, 1.54) is 16.7 Å². The summed E-state index contributed by atoms with van der Waals surface area (Å²) < 4.78 is 6.02. The molecule has 0 saturated carbocycles. The van der Waals surface area contributed by atoms with Crippen LogP contribution in [0.25, 0.3) is 0 Å². The Balaban J connectivity index is 1.42. The fraction of sp³-hybridized carbons (Fsp3) is 0.321. The molecule has 32 heavy (non-hydrogen) atoms. The first-order valence-electron chi connectivity index (χ1n) is 11.4. The minimum atomic E-state index is -0.498. The van der Waals surface area contributed by atoms with Crippen molar-refractivity contribution < 1.29 is 9.53 Å². The smallest absolute Gasteiger partial charge is 0.263 e. The molecule has 1 atom stereocenters. The SMILES string of the molecule is Cc1ccc(O[C@@H](C)C(=O)N2CCN(C(c3ccccc3)c3ccccc3)CC2)c(C)c1. The third-order valence-electron chi connectivity index (χ3n) is 6.20. The fourth-order valence-electron chi connectivity index (χ4n) is 4.51. The lowest BCUT2D eigenvalue weighted by Crippen LogP contribution is -2.52. The molecule has 1 aliphatic rings. The van der Waals surface area contributed by atoms with E-state index < -0.39 is 6.10 Å². The Hall–Kier alpha value is -3.11. The number of piperazine rings is 1. The van der Waals surface area contributed by atoms with Crippen LogP contribution < -0.4 is 4.74 Å². The van der Waals surface area contributed by atoms with Gasteiger partial charge >= 0.3 is 0 Å². The molecular weight excluding hydrogens is 396 g/mol. The van der Waals surface area contributed by atoms with Crippen molar-refractivity contribution in [3.8, 4) is 5.75 Å². The summed E-state index contributed by atoms with van der Waals surface area (Å²) in [5.74, 6) is 0.837. The first kappa shape index (κ1) is 22.1. The minimum Gasteiger partial charge on any atom is -0.481 e. The summed E-state index contributed by atoms with van der Waals surface area (Å²) in [6.07, 6.45) is -0.498. The molecule has 1 fully saturated rings. The van der Waals surface area contributed by atoms with Gasteiger partial charge < -0.3 is 9.64 Å². The van der Waals surface area contributed by atoms with Crippen molar-refractivity contribution in [2.75, 3.05) is 26.2 Å². The molecule has 4 rings (SSSR count). The van der Waals surface area contributed by atoms with Crippen LogP contribution in [0.15, 0.2) is 78.9 Å². The average Bonchev–Trinajstić information content (AvgIpc) is 2.82. The van der Waals surface area contributed by atoms with Gasteiger partial charge in [-0.3, -0.25) is 9.69 Å². The predicted molar refractivity (Wildman–Crippen MR) is 129 cm³/mol. The Morgan fingerprint density at radius 2 is 1.38 bits per heavy atom. The molecule has 0 bridgehead atoms. The number of rotatable bonds is 6. The molecule has 4 nitrogen and oxygen atoms in total. The highest BCUT2D eigenvalue weighted by molar-refractivity contribution is 5.81. The molecule has 0 aromatic heterocycles. The number of hydrogen-bond acceptors (Lipinski definition) is 3. The van der Waals surface area contributed by atoms with E-state index in [0.29, 0.717) is 13.1 Å². The van der Waals surface area contributed by atoms with E-state index in [0.717, 1.165) is 24.4 Å². The van der Waals surface area contributed by atoms with Crippen LogP contribution in [0.3, 0.4) is 0 Å². The number of amides is 1. The molecule has 1 aliphatic heterocycles. The van der Waals surface area contributed by atoms with Crippen LogP contribution in [-0.4, -0.2) is 48.0 Å². The Morgan fingerprint density at radius 3 is 1.91 bits per heavy atom. The van der Waals surface area contributed by atoms with Crippen molar-refractivity contribution in [2.24, 2.45) is 0 Å². The fourth-order valence-corrected chi connectivity index (χ4v) is 4.51. The summed E-state index contributed by atoms with van der Waals surface area (Å²) in [4.78, 5) is 17.5. The van der Waals surface area contributed by atoms with E-state index in [1.807, 2.05) is 30.9 Å². The van der Waals surface area contributed by atoms with Gasteiger partial charge in [-0.15, -0.1) is 0 Å². The largest absolute Gasteiger partial charge is 0.481 e. The van der Waals surface area contributed by atoms with Gasteiger partial charge in [-0.2, -0.15) is 0 Å². The van der Waals surface area contributed by atoms with Crippen LogP contribution in [0.5, 0.6) is 5.75 Å². The Morgan fingerprint density at radius 1 is 0.812 bits per heavy atom. The zero-order valence-corrected chi connectivity index (χ0v) is 19.2. The number of nitrogens with zero attached hydrogens (tertiary/aromatic N) is 2. The molecule has 0 aliphatic carbocycles. The van der Waals surface area contributed by atoms with E-state index in [9.17, 15) is 4.79 Å². The van der Waals surface area contributed by atoms with Crippen LogP contribution in [-0.2, 0) is 4.79 Å². The van der Waals surface area contributed by atoms with Crippen molar-refractivity contribution in [1.82, 2.24) is 9.80 Å². The summed E-state index contributed by atoms with van der Waals surface area (Å²) >= 11 is 0. The van der Waals surface area contributed by atoms with E-state index in [-0.39, 0.29) is 11.9 Å². The number of carbonyl (C=O) groups is 1. The molecule has 3 aromatic rings.